The molecule has 0 spiro atoms. The molecule has 0 radical (unpaired) electrons. The summed E-state index contributed by atoms with van der Waals surface area (Å²) in [6.07, 6.45) is -3.56. The quantitative estimate of drug-likeness (QED) is 0.151. The normalized spacial score (nSPS) is 42.8. The van der Waals surface area contributed by atoms with Crippen molar-refractivity contribution in [2.45, 2.75) is 198 Å². The van der Waals surface area contributed by atoms with Crippen molar-refractivity contribution in [3.05, 3.63) is 18.7 Å². The molecule has 63 heavy (non-hydrogen) atoms. The number of rotatable bonds is 12. The number of aliphatic hydroxyl groups is 4. The molecule has 3 aliphatic rings. The van der Waals surface area contributed by atoms with E-state index in [0.717, 1.165) is 0 Å². The molecule has 4 rings (SSSR count). The Morgan fingerprint density at radius 2 is 1.71 bits per heavy atom. The van der Waals surface area contributed by atoms with Gasteiger partial charge < -0.3 is 68.4 Å². The molecule has 0 saturated carbocycles. The van der Waals surface area contributed by atoms with Gasteiger partial charge >= 0.3 is 12.1 Å². The highest BCUT2D eigenvalue weighted by Gasteiger charge is 2.53. The van der Waals surface area contributed by atoms with Gasteiger partial charge in [-0.25, -0.2) is 9.78 Å². The van der Waals surface area contributed by atoms with Gasteiger partial charge in [-0.1, -0.05) is 20.8 Å². The van der Waals surface area contributed by atoms with E-state index in [0.29, 0.717) is 32.5 Å². The van der Waals surface area contributed by atoms with E-state index in [-0.39, 0.29) is 37.3 Å². The Balaban J connectivity index is 1.76. The Morgan fingerprint density at radius 1 is 1.03 bits per heavy atom. The lowest BCUT2D eigenvalue weighted by Crippen LogP contribution is -2.61. The maximum absolute atomic E-state index is 14.6. The van der Waals surface area contributed by atoms with Gasteiger partial charge in [-0.2, -0.15) is 0 Å². The van der Waals surface area contributed by atoms with Crippen LogP contribution in [0.1, 0.15) is 101 Å². The summed E-state index contributed by atoms with van der Waals surface area (Å²) in [5.41, 5.74) is -4.56. The first-order chi connectivity index (χ1) is 29.4. The second-order valence-corrected chi connectivity index (χ2v) is 19.6. The molecule has 1 amide bonds. The Hall–Kier alpha value is -2.49. The van der Waals surface area contributed by atoms with E-state index in [1.807, 2.05) is 69.4 Å². The van der Waals surface area contributed by atoms with Crippen LogP contribution in [0.4, 0.5) is 4.79 Å². The van der Waals surface area contributed by atoms with Crippen LogP contribution < -0.4 is 5.32 Å². The standard InChI is InChI=1S/C45H81N5O13/c1-15-33-45(10,56)39(63-42(54)47-17-16-19-50-20-18-46-25-50)30(6)49(13)24-26(2)22-43(8,55)38(62-41-35(51)32(48(11)12)21-27(3)58-41)28(4)36(29(5)40(53)60-33)61-34-23-44(9,57-14)37(52)31(7)59-34/h18,20,25-39,41,51-52,55-56H,15-17,19,21-24H2,1-14H3,(H,47,54)/t26-,27-,28+,29-,30+,31+,32+,33+,34+,35-,36+,37+,38-,39-,41+,43-,44-,45-/m1/s1. The summed E-state index contributed by atoms with van der Waals surface area (Å²) in [6, 6.07) is -0.905. The molecule has 18 atom stereocenters. The van der Waals surface area contributed by atoms with Crippen molar-refractivity contribution >= 4 is 12.1 Å². The van der Waals surface area contributed by atoms with Crippen molar-refractivity contribution < 1.29 is 63.2 Å². The molecule has 364 valence electrons. The second kappa shape index (κ2) is 22.3. The summed E-state index contributed by atoms with van der Waals surface area (Å²) in [5.74, 6) is -2.81. The van der Waals surface area contributed by atoms with Crippen molar-refractivity contribution in [2.75, 3.05) is 41.3 Å². The number of aromatic nitrogens is 2. The summed E-state index contributed by atoms with van der Waals surface area (Å²) in [4.78, 5) is 36.0. The number of likely N-dealkylation sites (N-methyl/N-ethyl adjacent to an activating group) is 2. The smallest absolute Gasteiger partial charge is 0.407 e. The number of amides is 1. The molecule has 3 aliphatic heterocycles. The zero-order valence-corrected chi connectivity index (χ0v) is 40.3. The zero-order valence-electron chi connectivity index (χ0n) is 40.3. The van der Waals surface area contributed by atoms with E-state index in [9.17, 15) is 30.0 Å². The summed E-state index contributed by atoms with van der Waals surface area (Å²) in [7, 11) is 7.12. The van der Waals surface area contributed by atoms with Gasteiger partial charge in [-0.05, 0) is 101 Å². The molecular weight excluding hydrogens is 819 g/mol. The molecular formula is C45H81N5O13. The van der Waals surface area contributed by atoms with Gasteiger partial charge in [-0.15, -0.1) is 0 Å². The topological polar surface area (TPSA) is 216 Å². The molecule has 4 heterocycles. The lowest BCUT2D eigenvalue weighted by atomic mass is 9.77. The predicted octanol–water partition coefficient (Wildman–Crippen LogP) is 2.92. The first-order valence-electron chi connectivity index (χ1n) is 22.8. The van der Waals surface area contributed by atoms with Gasteiger partial charge in [0.2, 0.25) is 0 Å². The van der Waals surface area contributed by atoms with Crippen LogP contribution in [0.3, 0.4) is 0 Å². The summed E-state index contributed by atoms with van der Waals surface area (Å²) in [6.45, 7) is 19.0. The first-order valence-corrected chi connectivity index (χ1v) is 22.8. The number of ether oxygens (including phenoxy) is 7. The third-order valence-electron chi connectivity index (χ3n) is 13.8. The Bertz CT molecular complexity index is 1570. The number of carbonyl (C=O) groups is 2. The highest BCUT2D eigenvalue weighted by atomic mass is 16.7. The van der Waals surface area contributed by atoms with Gasteiger partial charge in [0.15, 0.2) is 18.7 Å². The van der Waals surface area contributed by atoms with Crippen LogP contribution in [0.25, 0.3) is 0 Å². The van der Waals surface area contributed by atoms with Crippen LogP contribution in [0, 0.1) is 17.8 Å². The number of aryl methyl sites for hydroxylation is 1. The highest BCUT2D eigenvalue weighted by Crippen LogP contribution is 2.40. The maximum Gasteiger partial charge on any atom is 0.407 e. The number of carbonyl (C=O) groups excluding carboxylic acids is 2. The molecule has 1 aromatic heterocycles. The number of methoxy groups -OCH3 is 1. The SMILES string of the molecule is CC[C@@H]1OC(=O)[C@H](C)[C@@H](O[C@H]2C[C@@](C)(OC)[C@@H](O)[C@H](C)O2)[C@H](C)[C@@H](O[C@@H]2O[C@H](C)C[C@H](N(C)C)[C@H]2O)[C@](C)(O)C[C@@H](C)CN(C)[C@@H](C)[C@@H](OC(=O)NCCCn2ccnc2)[C@]1(C)O. The molecule has 3 fully saturated rings. The minimum atomic E-state index is -1.89. The minimum Gasteiger partial charge on any atom is -0.459 e. The molecule has 0 unspecified atom stereocenters. The Kier molecular flexibility index (Phi) is 18.8. The average Bonchev–Trinajstić information content (AvgIpc) is 3.73. The van der Waals surface area contributed by atoms with E-state index < -0.39 is 102 Å². The Morgan fingerprint density at radius 3 is 2.32 bits per heavy atom. The van der Waals surface area contributed by atoms with Crippen molar-refractivity contribution in [3.63, 3.8) is 0 Å². The molecule has 0 aromatic carbocycles. The van der Waals surface area contributed by atoms with Crippen molar-refractivity contribution in [3.8, 4) is 0 Å². The number of nitrogens with one attached hydrogen (secondary N) is 1. The molecule has 1 aromatic rings. The zero-order chi connectivity index (χ0) is 47.2. The number of esters is 1. The third-order valence-corrected chi connectivity index (χ3v) is 13.8. The molecule has 0 aliphatic carbocycles. The van der Waals surface area contributed by atoms with Gasteiger partial charge in [0, 0.05) is 63.6 Å². The van der Waals surface area contributed by atoms with Gasteiger partial charge in [0.25, 0.3) is 0 Å². The molecule has 18 heteroatoms. The monoisotopic (exact) mass is 900 g/mol. The van der Waals surface area contributed by atoms with Crippen LogP contribution in [0.15, 0.2) is 18.7 Å². The van der Waals surface area contributed by atoms with Gasteiger partial charge in [0.1, 0.15) is 23.9 Å². The number of alkyl carbamates (subject to hydrolysis) is 1. The van der Waals surface area contributed by atoms with E-state index >= 15 is 0 Å². The summed E-state index contributed by atoms with van der Waals surface area (Å²) < 4.78 is 46.1. The fraction of sp³-hybridized carbons (Fsp3) is 0.889. The fourth-order valence-corrected chi connectivity index (χ4v) is 9.97. The summed E-state index contributed by atoms with van der Waals surface area (Å²) in [5, 5.41) is 50.8. The van der Waals surface area contributed by atoms with Crippen molar-refractivity contribution in [1.82, 2.24) is 24.7 Å². The van der Waals surface area contributed by atoms with Crippen LogP contribution in [-0.4, -0.2) is 183 Å². The average molecular weight is 900 g/mol. The molecule has 5 N–H and O–H groups in total. The molecule has 3 saturated heterocycles. The lowest BCUT2D eigenvalue weighted by molar-refractivity contribution is -0.318. The van der Waals surface area contributed by atoms with Crippen LogP contribution in [-0.2, 0) is 44.5 Å². The van der Waals surface area contributed by atoms with Crippen LogP contribution >= 0.6 is 0 Å². The largest absolute Gasteiger partial charge is 0.459 e. The summed E-state index contributed by atoms with van der Waals surface area (Å²) >= 11 is 0. The number of hydrogen-bond acceptors (Lipinski definition) is 16. The Labute approximate surface area is 375 Å². The maximum atomic E-state index is 14.6. The highest BCUT2D eigenvalue weighted by molar-refractivity contribution is 5.73. The van der Waals surface area contributed by atoms with Crippen molar-refractivity contribution in [1.29, 1.82) is 0 Å². The van der Waals surface area contributed by atoms with E-state index in [2.05, 4.69) is 10.3 Å². The first kappa shape index (κ1) is 53.1. The minimum absolute atomic E-state index is 0.104. The van der Waals surface area contributed by atoms with Gasteiger partial charge in [0.05, 0.1) is 47.9 Å². The number of nitrogens with zero attached hydrogens (tertiary/aromatic N) is 4. The van der Waals surface area contributed by atoms with E-state index in [4.69, 9.17) is 33.2 Å². The van der Waals surface area contributed by atoms with Crippen LogP contribution in [0.2, 0.25) is 0 Å². The van der Waals surface area contributed by atoms with Crippen LogP contribution in [0.5, 0.6) is 0 Å². The predicted molar refractivity (Wildman–Crippen MR) is 233 cm³/mol. The van der Waals surface area contributed by atoms with Crippen molar-refractivity contribution in [2.24, 2.45) is 17.8 Å². The van der Waals surface area contributed by atoms with E-state index in [1.54, 1.807) is 47.1 Å². The third kappa shape index (κ3) is 13.1. The second-order valence-electron chi connectivity index (χ2n) is 19.6. The molecule has 0 bridgehead atoms. The number of aliphatic hydroxyl groups excluding tert-OH is 2. The lowest BCUT2D eigenvalue weighted by Gasteiger charge is -2.48. The van der Waals surface area contributed by atoms with Gasteiger partial charge in [-0.3, -0.25) is 9.69 Å². The number of hydrogen-bond donors (Lipinski definition) is 5. The fourth-order valence-electron chi connectivity index (χ4n) is 9.97. The number of imidazole rings is 1. The molecule has 18 nitrogen and oxygen atoms in total. The van der Waals surface area contributed by atoms with E-state index in [1.165, 1.54) is 14.0 Å². The number of cyclic esters (lactones) is 1.